The summed E-state index contributed by atoms with van der Waals surface area (Å²) in [4.78, 5) is 10.6. The zero-order valence-corrected chi connectivity index (χ0v) is 7.70. The Morgan fingerprint density at radius 2 is 1.85 bits per heavy atom. The van der Waals surface area contributed by atoms with Gasteiger partial charge in [-0.05, 0) is 6.92 Å². The van der Waals surface area contributed by atoms with Crippen molar-refractivity contribution in [2.75, 3.05) is 0 Å². The van der Waals surface area contributed by atoms with Crippen LogP contribution in [0.4, 0.5) is 13.2 Å². The van der Waals surface area contributed by atoms with Crippen LogP contribution in [0.3, 0.4) is 0 Å². The molecule has 6 heteroatoms. The van der Waals surface area contributed by atoms with Gasteiger partial charge in [0, 0.05) is 5.92 Å². The van der Waals surface area contributed by atoms with E-state index in [4.69, 9.17) is 16.7 Å². The molecule has 1 saturated carbocycles. The van der Waals surface area contributed by atoms with E-state index in [-0.39, 0.29) is 0 Å². The predicted molar refractivity (Wildman–Crippen MR) is 39.5 cm³/mol. The molecule has 2 nitrogen and oxygen atoms in total. The molecule has 0 amide bonds. The van der Waals surface area contributed by atoms with Gasteiger partial charge in [0.05, 0.1) is 0 Å². The molecule has 0 radical (unpaired) electrons. The Labute approximate surface area is 77.7 Å². The van der Waals surface area contributed by atoms with Gasteiger partial charge in [-0.15, -0.1) is 0 Å². The van der Waals surface area contributed by atoms with E-state index in [1.54, 1.807) is 0 Å². The summed E-state index contributed by atoms with van der Waals surface area (Å²) in [5.74, 6) is -7.05. The van der Waals surface area contributed by atoms with Crippen LogP contribution in [0.5, 0.6) is 0 Å². The van der Waals surface area contributed by atoms with Crippen molar-refractivity contribution in [2.24, 2.45) is 11.3 Å². The second-order valence-electron chi connectivity index (χ2n) is 3.43. The van der Waals surface area contributed by atoms with Crippen molar-refractivity contribution in [1.82, 2.24) is 0 Å². The molecular weight excluding hydrogens is 209 g/mol. The number of alkyl halides is 4. The van der Waals surface area contributed by atoms with Gasteiger partial charge < -0.3 is 5.11 Å². The summed E-state index contributed by atoms with van der Waals surface area (Å²) in [6, 6.07) is 0. The van der Waals surface area contributed by atoms with E-state index in [0.29, 0.717) is 0 Å². The van der Waals surface area contributed by atoms with Gasteiger partial charge in [-0.25, -0.2) is 13.2 Å². The fourth-order valence-electron chi connectivity index (χ4n) is 1.49. The maximum Gasteiger partial charge on any atom is 0.314 e. The lowest BCUT2D eigenvalue weighted by molar-refractivity contribution is -0.292. The molecule has 0 aromatic rings. The van der Waals surface area contributed by atoms with Crippen molar-refractivity contribution in [3.8, 4) is 0 Å². The van der Waals surface area contributed by atoms with Crippen molar-refractivity contribution in [3.63, 3.8) is 0 Å². The zero-order chi connectivity index (χ0) is 10.7. The average Bonchev–Trinajstić information content (AvgIpc) is 2.00. The molecule has 1 aliphatic carbocycles. The molecule has 0 aromatic heterocycles. The Kier molecular flexibility index (Phi) is 1.90. The summed E-state index contributed by atoms with van der Waals surface area (Å²) in [7, 11) is 0. The summed E-state index contributed by atoms with van der Waals surface area (Å²) in [5, 5.41) is 5.08. The average molecular weight is 217 g/mol. The third kappa shape index (κ3) is 0.834. The predicted octanol–water partition coefficient (Wildman–Crippen LogP) is 2.27. The Morgan fingerprint density at radius 3 is 2.00 bits per heavy atom. The highest BCUT2D eigenvalue weighted by Gasteiger charge is 2.84. The molecule has 0 spiro atoms. The lowest BCUT2D eigenvalue weighted by atomic mass is 9.57. The second kappa shape index (κ2) is 2.32. The zero-order valence-electron chi connectivity index (χ0n) is 6.94. The van der Waals surface area contributed by atoms with Gasteiger partial charge in [0.15, 0.2) is 0 Å². The Balaban J connectivity index is 3.14. The van der Waals surface area contributed by atoms with E-state index in [0.717, 1.165) is 13.8 Å². The molecule has 0 bridgehead atoms. The summed E-state index contributed by atoms with van der Waals surface area (Å²) in [6.45, 7) is 1.85. The molecule has 76 valence electrons. The Bertz CT molecular complexity index is 266. The number of aliphatic carboxylic acids is 1. The SMILES string of the molecule is CC1C(F)(F)C(F)(Cl)C1(C)C(=O)O. The molecule has 13 heavy (non-hydrogen) atoms. The first-order chi connectivity index (χ1) is 5.60. The first kappa shape index (κ1) is 10.6. The number of hydrogen-bond donors (Lipinski definition) is 1. The largest absolute Gasteiger partial charge is 0.481 e. The molecule has 1 fully saturated rings. The minimum Gasteiger partial charge on any atom is -0.481 e. The molecule has 1 rings (SSSR count). The van der Waals surface area contributed by atoms with E-state index < -0.39 is 28.4 Å². The van der Waals surface area contributed by atoms with E-state index >= 15 is 0 Å². The molecule has 3 atom stereocenters. The van der Waals surface area contributed by atoms with Crippen LogP contribution >= 0.6 is 11.6 Å². The Morgan fingerprint density at radius 1 is 1.46 bits per heavy atom. The van der Waals surface area contributed by atoms with Gasteiger partial charge in [-0.2, -0.15) is 0 Å². The fraction of sp³-hybridized carbons (Fsp3) is 0.857. The second-order valence-corrected chi connectivity index (χ2v) is 3.95. The van der Waals surface area contributed by atoms with Crippen LogP contribution in [0.15, 0.2) is 0 Å². The number of halogens is 4. The quantitative estimate of drug-likeness (QED) is 0.683. The van der Waals surface area contributed by atoms with Gasteiger partial charge in [0.2, 0.25) is 0 Å². The smallest absolute Gasteiger partial charge is 0.314 e. The molecule has 3 unspecified atom stereocenters. The van der Waals surface area contributed by atoms with Crippen LogP contribution in [0.25, 0.3) is 0 Å². The van der Waals surface area contributed by atoms with E-state index in [1.807, 2.05) is 0 Å². The molecule has 0 saturated heterocycles. The van der Waals surface area contributed by atoms with E-state index in [9.17, 15) is 18.0 Å². The van der Waals surface area contributed by atoms with Crippen LogP contribution in [0.2, 0.25) is 0 Å². The molecule has 0 aromatic carbocycles. The lowest BCUT2D eigenvalue weighted by Crippen LogP contribution is -2.74. The minimum atomic E-state index is -3.79. The van der Waals surface area contributed by atoms with Crippen molar-refractivity contribution < 1.29 is 23.1 Å². The van der Waals surface area contributed by atoms with Gasteiger partial charge in [0.25, 0.3) is 11.1 Å². The maximum atomic E-state index is 13.2. The Hall–Kier alpha value is -0.450. The van der Waals surface area contributed by atoms with Gasteiger partial charge >= 0.3 is 5.97 Å². The van der Waals surface area contributed by atoms with Crippen LogP contribution < -0.4 is 0 Å². The van der Waals surface area contributed by atoms with Gasteiger partial charge in [-0.1, -0.05) is 18.5 Å². The number of hydrogen-bond acceptors (Lipinski definition) is 1. The van der Waals surface area contributed by atoms with Crippen molar-refractivity contribution in [2.45, 2.75) is 24.9 Å². The van der Waals surface area contributed by atoms with E-state index in [2.05, 4.69) is 0 Å². The van der Waals surface area contributed by atoms with Crippen LogP contribution in [-0.4, -0.2) is 22.1 Å². The van der Waals surface area contributed by atoms with Crippen LogP contribution in [0, 0.1) is 11.3 Å². The molecule has 1 aliphatic rings. The van der Waals surface area contributed by atoms with Crippen LogP contribution in [-0.2, 0) is 4.79 Å². The number of carbonyl (C=O) groups is 1. The van der Waals surface area contributed by atoms with Crippen molar-refractivity contribution in [3.05, 3.63) is 0 Å². The first-order valence-electron chi connectivity index (χ1n) is 3.59. The molecule has 1 N–H and O–H groups in total. The molecular formula is C7H8ClF3O2. The third-order valence-electron chi connectivity index (χ3n) is 2.93. The standard InChI is InChI=1S/C7H8ClF3O2/c1-3-5(2,4(12)13)7(8,11)6(3,9)10/h3H,1-2H3,(H,12,13). The summed E-state index contributed by atoms with van der Waals surface area (Å²) >= 11 is 4.90. The normalized spacial score (nSPS) is 48.3. The number of rotatable bonds is 1. The monoisotopic (exact) mass is 216 g/mol. The van der Waals surface area contributed by atoms with Gasteiger partial charge in [0.1, 0.15) is 5.41 Å². The first-order valence-corrected chi connectivity index (χ1v) is 3.97. The topological polar surface area (TPSA) is 37.3 Å². The summed E-state index contributed by atoms with van der Waals surface area (Å²) in [5.41, 5.74) is -2.22. The number of carboxylic acids is 1. The summed E-state index contributed by atoms with van der Waals surface area (Å²) < 4.78 is 38.8. The molecule has 0 aliphatic heterocycles. The molecule has 0 heterocycles. The highest BCUT2D eigenvalue weighted by molar-refractivity contribution is 6.26. The van der Waals surface area contributed by atoms with Crippen molar-refractivity contribution >= 4 is 17.6 Å². The van der Waals surface area contributed by atoms with Crippen LogP contribution in [0.1, 0.15) is 13.8 Å². The highest BCUT2D eigenvalue weighted by atomic mass is 35.5. The lowest BCUT2D eigenvalue weighted by Gasteiger charge is -2.56. The van der Waals surface area contributed by atoms with Crippen molar-refractivity contribution in [1.29, 1.82) is 0 Å². The maximum absolute atomic E-state index is 13.2. The highest BCUT2D eigenvalue weighted by Crippen LogP contribution is 2.67. The number of carboxylic acid groups (broad SMARTS) is 1. The van der Waals surface area contributed by atoms with Gasteiger partial charge in [-0.3, -0.25) is 4.79 Å². The summed E-state index contributed by atoms with van der Waals surface area (Å²) in [6.07, 6.45) is 0. The minimum absolute atomic E-state index is 0.879. The fourth-order valence-corrected chi connectivity index (χ4v) is 1.90. The van der Waals surface area contributed by atoms with E-state index in [1.165, 1.54) is 0 Å². The third-order valence-corrected chi connectivity index (χ3v) is 3.57.